The van der Waals surface area contributed by atoms with Crippen molar-refractivity contribution in [1.82, 2.24) is 0 Å². The Kier molecular flexibility index (Phi) is 3.74. The van der Waals surface area contributed by atoms with E-state index in [0.29, 0.717) is 30.0 Å². The van der Waals surface area contributed by atoms with Gasteiger partial charge >= 0.3 is 5.97 Å². The van der Waals surface area contributed by atoms with E-state index in [0.717, 1.165) is 0 Å². The van der Waals surface area contributed by atoms with Gasteiger partial charge in [-0.25, -0.2) is 0 Å². The van der Waals surface area contributed by atoms with Gasteiger partial charge in [-0.2, -0.15) is 0 Å². The van der Waals surface area contributed by atoms with Crippen molar-refractivity contribution >= 4 is 17.6 Å². The number of nitrogens with zero attached hydrogens (tertiary/aromatic N) is 1. The number of benzene rings is 1. The van der Waals surface area contributed by atoms with E-state index in [-0.39, 0.29) is 12.3 Å². The number of anilines is 1. The van der Waals surface area contributed by atoms with E-state index in [1.54, 1.807) is 23.1 Å². The van der Waals surface area contributed by atoms with Gasteiger partial charge in [-0.1, -0.05) is 13.0 Å². The number of ether oxygens (including phenoxy) is 1. The Labute approximate surface area is 111 Å². The number of carbonyl (C=O) groups excluding carboxylic acids is 1. The zero-order chi connectivity index (χ0) is 14.0. The molecule has 0 spiro atoms. The smallest absolute Gasteiger partial charge is 0.307 e. The molecule has 2 rings (SSSR count). The number of aliphatic carboxylic acids is 1. The first kappa shape index (κ1) is 13.4. The van der Waals surface area contributed by atoms with Gasteiger partial charge in [-0.05, 0) is 31.0 Å². The lowest BCUT2D eigenvalue weighted by atomic mass is 10.1. The first-order valence-electron chi connectivity index (χ1n) is 6.39. The minimum absolute atomic E-state index is 0.0593. The van der Waals surface area contributed by atoms with E-state index in [2.05, 4.69) is 0 Å². The first-order valence-corrected chi connectivity index (χ1v) is 6.39. The summed E-state index contributed by atoms with van der Waals surface area (Å²) in [7, 11) is 0. The van der Waals surface area contributed by atoms with Crippen molar-refractivity contribution in [2.75, 3.05) is 11.4 Å². The normalized spacial score (nSPS) is 17.9. The highest BCUT2D eigenvalue weighted by molar-refractivity contribution is 6.00. The molecule has 0 bridgehead atoms. The summed E-state index contributed by atoms with van der Waals surface area (Å²) in [4.78, 5) is 24.6. The van der Waals surface area contributed by atoms with Crippen LogP contribution in [-0.4, -0.2) is 29.6 Å². The van der Waals surface area contributed by atoms with Crippen LogP contribution in [0.2, 0.25) is 0 Å². The highest BCUT2D eigenvalue weighted by Crippen LogP contribution is 2.35. The Hall–Kier alpha value is -2.04. The van der Waals surface area contributed by atoms with Crippen molar-refractivity contribution in [2.45, 2.75) is 32.8 Å². The first-order chi connectivity index (χ1) is 9.06. The highest BCUT2D eigenvalue weighted by atomic mass is 16.5. The predicted octanol–water partition coefficient (Wildman–Crippen LogP) is 1.84. The second kappa shape index (κ2) is 5.30. The molecule has 1 N–H and O–H groups in total. The fraction of sp³-hybridized carbons (Fsp3) is 0.429. The lowest BCUT2D eigenvalue weighted by molar-refractivity contribution is -0.136. The molecule has 0 aromatic heterocycles. The molecule has 0 saturated carbocycles. The van der Waals surface area contributed by atoms with Crippen molar-refractivity contribution in [1.29, 1.82) is 0 Å². The molecule has 5 heteroatoms. The Balaban J connectivity index is 2.39. The molecule has 0 saturated heterocycles. The average Bonchev–Trinajstić information content (AvgIpc) is 2.37. The van der Waals surface area contributed by atoms with Crippen LogP contribution in [0.5, 0.6) is 5.75 Å². The van der Waals surface area contributed by atoms with Gasteiger partial charge in [0.2, 0.25) is 0 Å². The third kappa shape index (κ3) is 2.54. The number of likely N-dealkylation sites (N-methyl/N-ethyl adjacent to an activating group) is 1. The summed E-state index contributed by atoms with van der Waals surface area (Å²) >= 11 is 0. The standard InChI is InChI=1S/C14H17NO4/c1-3-11-14(18)15(4-2)10-7-9(8-13(16)17)5-6-12(10)19-11/h5-7,11H,3-4,8H2,1-2H3,(H,16,17). The van der Waals surface area contributed by atoms with E-state index in [9.17, 15) is 9.59 Å². The Morgan fingerprint density at radius 1 is 1.42 bits per heavy atom. The van der Waals surface area contributed by atoms with Gasteiger partial charge in [0.25, 0.3) is 5.91 Å². The average molecular weight is 263 g/mol. The maximum atomic E-state index is 12.2. The lowest BCUT2D eigenvalue weighted by Crippen LogP contribution is -2.45. The van der Waals surface area contributed by atoms with Gasteiger partial charge in [0.1, 0.15) is 5.75 Å². The molecule has 1 unspecified atom stereocenters. The summed E-state index contributed by atoms with van der Waals surface area (Å²) in [5, 5.41) is 8.81. The van der Waals surface area contributed by atoms with Gasteiger partial charge in [0, 0.05) is 6.54 Å². The SMILES string of the molecule is CCC1Oc2ccc(CC(=O)O)cc2N(CC)C1=O. The number of fused-ring (bicyclic) bond motifs is 1. The molecule has 1 atom stereocenters. The van der Waals surface area contributed by atoms with Crippen LogP contribution < -0.4 is 9.64 Å². The highest BCUT2D eigenvalue weighted by Gasteiger charge is 2.32. The number of hydrogen-bond acceptors (Lipinski definition) is 3. The van der Waals surface area contributed by atoms with Crippen LogP contribution in [-0.2, 0) is 16.0 Å². The van der Waals surface area contributed by atoms with E-state index in [4.69, 9.17) is 9.84 Å². The fourth-order valence-corrected chi connectivity index (χ4v) is 2.24. The number of amides is 1. The third-order valence-electron chi connectivity index (χ3n) is 3.17. The zero-order valence-corrected chi connectivity index (χ0v) is 11.0. The van der Waals surface area contributed by atoms with Crippen molar-refractivity contribution in [2.24, 2.45) is 0 Å². The second-order valence-electron chi connectivity index (χ2n) is 4.47. The van der Waals surface area contributed by atoms with Crippen LogP contribution in [0, 0.1) is 0 Å². The maximum absolute atomic E-state index is 12.2. The van der Waals surface area contributed by atoms with Crippen molar-refractivity contribution < 1.29 is 19.4 Å². The maximum Gasteiger partial charge on any atom is 0.307 e. The topological polar surface area (TPSA) is 66.8 Å². The molecule has 1 aliphatic heterocycles. The Morgan fingerprint density at radius 2 is 2.16 bits per heavy atom. The summed E-state index contributed by atoms with van der Waals surface area (Å²) in [5.41, 5.74) is 1.33. The van der Waals surface area contributed by atoms with Gasteiger partial charge in [-0.3, -0.25) is 9.59 Å². The molecule has 1 aromatic rings. The van der Waals surface area contributed by atoms with Crippen LogP contribution in [0.3, 0.4) is 0 Å². The molecule has 102 valence electrons. The van der Waals surface area contributed by atoms with Crippen LogP contribution in [0.4, 0.5) is 5.69 Å². The molecule has 5 nitrogen and oxygen atoms in total. The van der Waals surface area contributed by atoms with Gasteiger partial charge in [0.05, 0.1) is 12.1 Å². The van der Waals surface area contributed by atoms with E-state index >= 15 is 0 Å². The third-order valence-corrected chi connectivity index (χ3v) is 3.17. The molecule has 1 aromatic carbocycles. The van der Waals surface area contributed by atoms with E-state index in [1.807, 2.05) is 13.8 Å². The van der Waals surface area contributed by atoms with Crippen LogP contribution >= 0.6 is 0 Å². The van der Waals surface area contributed by atoms with Gasteiger partial charge < -0.3 is 14.7 Å². The largest absolute Gasteiger partial charge is 0.481 e. The van der Waals surface area contributed by atoms with Crippen LogP contribution in [0.25, 0.3) is 0 Å². The molecular formula is C14H17NO4. The summed E-state index contributed by atoms with van der Waals surface area (Å²) in [5.74, 6) is -0.315. The summed E-state index contributed by atoms with van der Waals surface area (Å²) in [6, 6.07) is 5.19. The second-order valence-corrected chi connectivity index (χ2v) is 4.47. The van der Waals surface area contributed by atoms with E-state index in [1.165, 1.54) is 0 Å². The number of hydrogen-bond donors (Lipinski definition) is 1. The lowest BCUT2D eigenvalue weighted by Gasteiger charge is -2.33. The predicted molar refractivity (Wildman–Crippen MR) is 70.5 cm³/mol. The number of carbonyl (C=O) groups is 2. The van der Waals surface area contributed by atoms with Crippen molar-refractivity contribution in [3.05, 3.63) is 23.8 Å². The zero-order valence-electron chi connectivity index (χ0n) is 11.0. The molecule has 0 fully saturated rings. The molecule has 0 radical (unpaired) electrons. The molecule has 1 amide bonds. The van der Waals surface area contributed by atoms with Crippen LogP contribution in [0.1, 0.15) is 25.8 Å². The van der Waals surface area contributed by atoms with Crippen molar-refractivity contribution in [3.63, 3.8) is 0 Å². The number of rotatable bonds is 4. The summed E-state index contributed by atoms with van der Waals surface area (Å²) in [6.45, 7) is 4.34. The Bertz CT molecular complexity index is 512. The summed E-state index contributed by atoms with van der Waals surface area (Å²) in [6.07, 6.45) is 0.111. The molecular weight excluding hydrogens is 246 g/mol. The quantitative estimate of drug-likeness (QED) is 0.900. The minimum Gasteiger partial charge on any atom is -0.481 e. The molecule has 1 heterocycles. The van der Waals surface area contributed by atoms with Crippen LogP contribution in [0.15, 0.2) is 18.2 Å². The van der Waals surface area contributed by atoms with Gasteiger partial charge in [0.15, 0.2) is 6.10 Å². The number of carboxylic acid groups (broad SMARTS) is 1. The number of carboxylic acids is 1. The van der Waals surface area contributed by atoms with Gasteiger partial charge in [-0.15, -0.1) is 0 Å². The minimum atomic E-state index is -0.891. The molecule has 19 heavy (non-hydrogen) atoms. The fourth-order valence-electron chi connectivity index (χ4n) is 2.24. The molecule has 1 aliphatic rings. The van der Waals surface area contributed by atoms with Crippen molar-refractivity contribution in [3.8, 4) is 5.75 Å². The molecule has 0 aliphatic carbocycles. The Morgan fingerprint density at radius 3 is 2.74 bits per heavy atom. The monoisotopic (exact) mass is 263 g/mol. The van der Waals surface area contributed by atoms with E-state index < -0.39 is 12.1 Å². The summed E-state index contributed by atoms with van der Waals surface area (Å²) < 4.78 is 5.65.